The van der Waals surface area contributed by atoms with E-state index in [1.54, 1.807) is 6.92 Å². The molecular formula is C14H18F3NO2. The Balaban J connectivity index is 2.99. The van der Waals surface area contributed by atoms with Gasteiger partial charge in [-0.1, -0.05) is 12.1 Å². The summed E-state index contributed by atoms with van der Waals surface area (Å²) in [6.45, 7) is 5.58. The predicted octanol–water partition coefficient (Wildman–Crippen LogP) is 3.31. The van der Waals surface area contributed by atoms with Crippen molar-refractivity contribution in [2.24, 2.45) is 0 Å². The van der Waals surface area contributed by atoms with Crippen LogP contribution < -0.4 is 5.32 Å². The van der Waals surface area contributed by atoms with Crippen LogP contribution in [-0.2, 0) is 15.7 Å². The van der Waals surface area contributed by atoms with Gasteiger partial charge in [-0.15, -0.1) is 0 Å². The Bertz CT molecular complexity index is 441. The number of rotatable bonds is 5. The van der Waals surface area contributed by atoms with Crippen molar-refractivity contribution in [3.05, 3.63) is 35.4 Å². The lowest BCUT2D eigenvalue weighted by atomic mass is 10.0. The van der Waals surface area contributed by atoms with Crippen LogP contribution in [0.2, 0.25) is 0 Å². The molecule has 1 unspecified atom stereocenters. The van der Waals surface area contributed by atoms with E-state index >= 15 is 0 Å². The lowest BCUT2D eigenvalue weighted by Gasteiger charge is -2.20. The van der Waals surface area contributed by atoms with Crippen LogP contribution >= 0.6 is 0 Å². The highest BCUT2D eigenvalue weighted by molar-refractivity contribution is 5.77. The zero-order valence-electron chi connectivity index (χ0n) is 11.6. The van der Waals surface area contributed by atoms with Gasteiger partial charge in [-0.3, -0.25) is 5.32 Å². The molecule has 0 aliphatic heterocycles. The minimum absolute atomic E-state index is 0.00769. The maximum absolute atomic E-state index is 12.5. The van der Waals surface area contributed by atoms with Crippen molar-refractivity contribution in [2.75, 3.05) is 6.61 Å². The fourth-order valence-electron chi connectivity index (χ4n) is 1.72. The molecule has 0 saturated carbocycles. The lowest BCUT2D eigenvalue weighted by molar-refractivity contribution is -0.146. The van der Waals surface area contributed by atoms with Crippen molar-refractivity contribution < 1.29 is 22.7 Å². The van der Waals surface area contributed by atoms with Gasteiger partial charge < -0.3 is 4.74 Å². The molecule has 6 heteroatoms. The minimum Gasteiger partial charge on any atom is -0.465 e. The molecule has 1 aromatic rings. The molecule has 1 N–H and O–H groups in total. The number of ether oxygens (including phenoxy) is 1. The van der Waals surface area contributed by atoms with E-state index in [1.807, 2.05) is 13.8 Å². The standard InChI is InChI=1S/C14H18F3NO2/c1-4-20-13(19)12(18-9(2)3)10-5-7-11(8-6-10)14(15,16)17/h5-9,12,18H,4H2,1-3H3. The fourth-order valence-corrected chi connectivity index (χ4v) is 1.72. The molecule has 1 atom stereocenters. The number of carbonyl (C=O) groups is 1. The van der Waals surface area contributed by atoms with Crippen molar-refractivity contribution in [1.29, 1.82) is 0 Å². The first kappa shape index (κ1) is 16.5. The Morgan fingerprint density at radius 1 is 1.25 bits per heavy atom. The second-order valence-corrected chi connectivity index (χ2v) is 4.63. The molecule has 0 bridgehead atoms. The third kappa shape index (κ3) is 4.52. The number of hydrogen-bond donors (Lipinski definition) is 1. The van der Waals surface area contributed by atoms with Gasteiger partial charge >= 0.3 is 12.1 Å². The smallest absolute Gasteiger partial charge is 0.416 e. The average Bonchev–Trinajstić information content (AvgIpc) is 2.35. The Morgan fingerprint density at radius 3 is 2.20 bits per heavy atom. The highest BCUT2D eigenvalue weighted by Crippen LogP contribution is 2.30. The van der Waals surface area contributed by atoms with Gasteiger partial charge in [-0.2, -0.15) is 13.2 Å². The SMILES string of the molecule is CCOC(=O)C(NC(C)C)c1ccc(C(F)(F)F)cc1. The number of carbonyl (C=O) groups excluding carboxylic acids is 1. The highest BCUT2D eigenvalue weighted by Gasteiger charge is 2.31. The van der Waals surface area contributed by atoms with Crippen LogP contribution in [0.1, 0.15) is 37.9 Å². The van der Waals surface area contributed by atoms with E-state index in [9.17, 15) is 18.0 Å². The number of hydrogen-bond acceptors (Lipinski definition) is 3. The van der Waals surface area contributed by atoms with Crippen molar-refractivity contribution >= 4 is 5.97 Å². The molecule has 0 heterocycles. The van der Waals surface area contributed by atoms with E-state index in [1.165, 1.54) is 12.1 Å². The molecule has 1 aromatic carbocycles. The first-order valence-electron chi connectivity index (χ1n) is 6.35. The largest absolute Gasteiger partial charge is 0.465 e. The molecule has 0 amide bonds. The van der Waals surface area contributed by atoms with Gasteiger partial charge in [0.05, 0.1) is 12.2 Å². The third-order valence-electron chi connectivity index (χ3n) is 2.59. The molecule has 0 spiro atoms. The molecule has 0 saturated heterocycles. The summed E-state index contributed by atoms with van der Waals surface area (Å²) in [6, 6.07) is 3.73. The summed E-state index contributed by atoms with van der Waals surface area (Å²) in [5, 5.41) is 2.98. The molecule has 3 nitrogen and oxygen atoms in total. The minimum atomic E-state index is -4.39. The lowest BCUT2D eigenvalue weighted by Crippen LogP contribution is -2.34. The molecule has 0 radical (unpaired) electrons. The Hall–Kier alpha value is -1.56. The number of esters is 1. The van der Waals surface area contributed by atoms with E-state index in [0.717, 1.165) is 12.1 Å². The second-order valence-electron chi connectivity index (χ2n) is 4.63. The van der Waals surface area contributed by atoms with Crippen LogP contribution in [0.25, 0.3) is 0 Å². The van der Waals surface area contributed by atoms with Crippen LogP contribution in [0, 0.1) is 0 Å². The number of halogens is 3. The second kappa shape index (κ2) is 6.74. The van der Waals surface area contributed by atoms with Gasteiger partial charge in [0.2, 0.25) is 0 Å². The Morgan fingerprint density at radius 2 is 1.80 bits per heavy atom. The molecule has 0 aliphatic carbocycles. The summed E-state index contributed by atoms with van der Waals surface area (Å²) in [6.07, 6.45) is -4.39. The van der Waals surface area contributed by atoms with E-state index in [4.69, 9.17) is 4.74 Å². The van der Waals surface area contributed by atoms with Crippen molar-refractivity contribution in [1.82, 2.24) is 5.32 Å². The molecule has 0 aromatic heterocycles. The predicted molar refractivity (Wildman–Crippen MR) is 69.1 cm³/mol. The van der Waals surface area contributed by atoms with E-state index in [-0.39, 0.29) is 12.6 Å². The molecule has 0 aliphatic rings. The van der Waals surface area contributed by atoms with Crippen LogP contribution in [-0.4, -0.2) is 18.6 Å². The third-order valence-corrected chi connectivity index (χ3v) is 2.59. The number of alkyl halides is 3. The number of nitrogens with one attached hydrogen (secondary N) is 1. The van der Waals surface area contributed by atoms with E-state index in [2.05, 4.69) is 5.32 Å². The quantitative estimate of drug-likeness (QED) is 0.845. The average molecular weight is 289 g/mol. The van der Waals surface area contributed by atoms with Crippen LogP contribution in [0.5, 0.6) is 0 Å². The monoisotopic (exact) mass is 289 g/mol. The number of benzene rings is 1. The van der Waals surface area contributed by atoms with Gasteiger partial charge in [0.1, 0.15) is 6.04 Å². The van der Waals surface area contributed by atoms with Crippen molar-refractivity contribution in [3.8, 4) is 0 Å². The first-order chi connectivity index (χ1) is 9.25. The van der Waals surface area contributed by atoms with Gasteiger partial charge in [-0.25, -0.2) is 4.79 Å². The maximum Gasteiger partial charge on any atom is 0.416 e. The zero-order chi connectivity index (χ0) is 15.3. The highest BCUT2D eigenvalue weighted by atomic mass is 19.4. The van der Waals surface area contributed by atoms with Gasteiger partial charge in [0.15, 0.2) is 0 Å². The Labute approximate surface area is 116 Å². The van der Waals surface area contributed by atoms with E-state index in [0.29, 0.717) is 5.56 Å². The van der Waals surface area contributed by atoms with Crippen LogP contribution in [0.15, 0.2) is 24.3 Å². The summed E-state index contributed by atoms with van der Waals surface area (Å²) in [5.74, 6) is -0.499. The van der Waals surface area contributed by atoms with Gasteiger partial charge in [-0.05, 0) is 38.5 Å². The molecule has 0 fully saturated rings. The maximum atomic E-state index is 12.5. The van der Waals surface area contributed by atoms with Gasteiger partial charge in [0, 0.05) is 6.04 Å². The fraction of sp³-hybridized carbons (Fsp3) is 0.500. The zero-order valence-corrected chi connectivity index (χ0v) is 11.6. The molecule has 1 rings (SSSR count). The molecule has 112 valence electrons. The summed E-state index contributed by atoms with van der Waals surface area (Å²) in [4.78, 5) is 11.9. The summed E-state index contributed by atoms with van der Waals surface area (Å²) < 4.78 is 42.4. The van der Waals surface area contributed by atoms with Crippen molar-refractivity contribution in [2.45, 2.75) is 39.0 Å². The first-order valence-corrected chi connectivity index (χ1v) is 6.35. The summed E-state index contributed by atoms with van der Waals surface area (Å²) in [7, 11) is 0. The van der Waals surface area contributed by atoms with Crippen molar-refractivity contribution in [3.63, 3.8) is 0 Å². The molecular weight excluding hydrogens is 271 g/mol. The topological polar surface area (TPSA) is 38.3 Å². The Kier molecular flexibility index (Phi) is 5.56. The normalized spacial score (nSPS) is 13.3. The summed E-state index contributed by atoms with van der Waals surface area (Å²) >= 11 is 0. The van der Waals surface area contributed by atoms with Crippen LogP contribution in [0.3, 0.4) is 0 Å². The van der Waals surface area contributed by atoms with E-state index < -0.39 is 23.8 Å². The van der Waals surface area contributed by atoms with Crippen LogP contribution in [0.4, 0.5) is 13.2 Å². The summed E-state index contributed by atoms with van der Waals surface area (Å²) in [5.41, 5.74) is -0.293. The molecule has 20 heavy (non-hydrogen) atoms. The van der Waals surface area contributed by atoms with Gasteiger partial charge in [0.25, 0.3) is 0 Å².